The van der Waals surface area contributed by atoms with Crippen LogP contribution in [0, 0.1) is 5.92 Å². The van der Waals surface area contributed by atoms with Gasteiger partial charge >= 0.3 is 12.1 Å². The number of hydrogen-bond donors (Lipinski definition) is 2. The number of methoxy groups -OCH3 is 1. The maximum absolute atomic E-state index is 13.8. The van der Waals surface area contributed by atoms with Crippen LogP contribution in [0.25, 0.3) is 11.3 Å². The van der Waals surface area contributed by atoms with Gasteiger partial charge in [-0.25, -0.2) is 15.0 Å². The molecule has 2 N–H and O–H groups in total. The van der Waals surface area contributed by atoms with Crippen LogP contribution >= 0.6 is 11.3 Å². The molecule has 0 bridgehead atoms. The SMILES string of the molecule is COc1ccc(-c2nc(NC(=O)c3cnc(N4CCC(C(=O)O)CC4)cn3)sc2CN2CCC[C@@H]2C)cc1C(F)(F)F. The highest BCUT2D eigenvalue weighted by molar-refractivity contribution is 7.16. The first-order chi connectivity index (χ1) is 20.0. The first kappa shape index (κ1) is 29.7. The number of anilines is 2. The molecule has 5 rings (SSSR count). The molecule has 0 aliphatic carbocycles. The molecular weight excluding hydrogens is 573 g/mol. The highest BCUT2D eigenvalue weighted by Gasteiger charge is 2.35. The number of aliphatic carboxylic acids is 1. The molecule has 0 unspecified atom stereocenters. The molecule has 2 saturated heterocycles. The number of likely N-dealkylation sites (tertiary alicyclic amines) is 1. The number of nitrogens with zero attached hydrogens (tertiary/aromatic N) is 5. The number of alkyl halides is 3. The summed E-state index contributed by atoms with van der Waals surface area (Å²) < 4.78 is 46.2. The van der Waals surface area contributed by atoms with Gasteiger partial charge in [0.05, 0.1) is 36.7 Å². The third-order valence-electron chi connectivity index (χ3n) is 7.77. The maximum Gasteiger partial charge on any atom is 0.419 e. The Morgan fingerprint density at radius 1 is 1.14 bits per heavy atom. The minimum Gasteiger partial charge on any atom is -0.496 e. The second-order valence-corrected chi connectivity index (χ2v) is 11.6. The van der Waals surface area contributed by atoms with Crippen molar-refractivity contribution in [3.8, 4) is 17.0 Å². The number of benzene rings is 1. The lowest BCUT2D eigenvalue weighted by Crippen LogP contribution is -2.36. The summed E-state index contributed by atoms with van der Waals surface area (Å²) in [5.41, 5.74) is -0.204. The zero-order chi connectivity index (χ0) is 30.0. The van der Waals surface area contributed by atoms with Gasteiger partial charge in [-0.2, -0.15) is 13.2 Å². The predicted molar refractivity (Wildman–Crippen MR) is 151 cm³/mol. The van der Waals surface area contributed by atoms with Crippen molar-refractivity contribution in [2.45, 2.75) is 51.4 Å². The maximum atomic E-state index is 13.8. The van der Waals surface area contributed by atoms with E-state index < -0.39 is 23.6 Å². The molecule has 224 valence electrons. The molecule has 0 spiro atoms. The molecule has 0 saturated carbocycles. The number of carboxylic acid groups (broad SMARTS) is 1. The fourth-order valence-electron chi connectivity index (χ4n) is 5.35. The molecule has 1 aromatic carbocycles. The van der Waals surface area contributed by atoms with Crippen molar-refractivity contribution in [3.63, 3.8) is 0 Å². The number of piperidine rings is 1. The second-order valence-electron chi connectivity index (χ2n) is 10.5. The third kappa shape index (κ3) is 6.49. The highest BCUT2D eigenvalue weighted by atomic mass is 32.1. The van der Waals surface area contributed by atoms with Crippen molar-refractivity contribution in [2.75, 3.05) is 37.0 Å². The van der Waals surface area contributed by atoms with Gasteiger partial charge in [0, 0.05) is 36.1 Å². The number of ether oxygens (including phenoxy) is 1. The molecule has 10 nitrogen and oxygen atoms in total. The van der Waals surface area contributed by atoms with E-state index in [1.54, 1.807) is 0 Å². The average molecular weight is 605 g/mol. The Hall–Kier alpha value is -3.78. The standard InChI is InChI=1S/C28H31F3N6O4S/c1-16-4-3-9-37(16)15-22-24(18-5-6-21(41-2)19(12-18)28(29,30)31)34-27(42-22)35-25(38)20-13-33-23(14-32-20)36-10-7-17(8-11-36)26(39)40/h5-6,12-14,16-17H,3-4,7-11,15H2,1-2H3,(H,39,40)(H,34,35,38)/t16-/m0/s1. The van der Waals surface area contributed by atoms with Crippen molar-refractivity contribution in [1.82, 2.24) is 19.9 Å². The summed E-state index contributed by atoms with van der Waals surface area (Å²) >= 11 is 1.22. The van der Waals surface area contributed by atoms with Gasteiger partial charge in [-0.05, 0) is 57.4 Å². The van der Waals surface area contributed by atoms with Crippen LogP contribution < -0.4 is 15.0 Å². The van der Waals surface area contributed by atoms with Gasteiger partial charge in [-0.1, -0.05) is 11.3 Å². The number of amides is 1. The second kappa shape index (κ2) is 12.2. The van der Waals surface area contributed by atoms with Crippen LogP contribution in [0.5, 0.6) is 5.75 Å². The number of carbonyl (C=O) groups is 2. The molecule has 3 aromatic rings. The molecule has 14 heteroatoms. The van der Waals surface area contributed by atoms with Gasteiger partial charge in [-0.15, -0.1) is 0 Å². The van der Waals surface area contributed by atoms with Crippen LogP contribution in [0.3, 0.4) is 0 Å². The number of hydrogen-bond acceptors (Lipinski definition) is 9. The Morgan fingerprint density at radius 3 is 2.50 bits per heavy atom. The van der Waals surface area contributed by atoms with Crippen LogP contribution in [-0.2, 0) is 17.5 Å². The number of carbonyl (C=O) groups excluding carboxylic acids is 1. The van der Waals surface area contributed by atoms with E-state index in [4.69, 9.17) is 4.74 Å². The highest BCUT2D eigenvalue weighted by Crippen LogP contribution is 2.41. The summed E-state index contributed by atoms with van der Waals surface area (Å²) in [6.45, 7) is 4.52. The molecule has 4 heterocycles. The zero-order valence-electron chi connectivity index (χ0n) is 23.1. The van der Waals surface area contributed by atoms with Gasteiger partial charge in [0.25, 0.3) is 5.91 Å². The first-order valence-electron chi connectivity index (χ1n) is 13.6. The van der Waals surface area contributed by atoms with E-state index in [2.05, 4.69) is 32.1 Å². The molecule has 2 aliphatic rings. The molecule has 1 amide bonds. The fraction of sp³-hybridized carbons (Fsp3) is 0.464. The topological polar surface area (TPSA) is 121 Å². The van der Waals surface area contributed by atoms with Crippen LogP contribution in [0.2, 0.25) is 0 Å². The lowest BCUT2D eigenvalue weighted by molar-refractivity contribution is -0.142. The molecule has 0 radical (unpaired) electrons. The van der Waals surface area contributed by atoms with Crippen LogP contribution in [0.15, 0.2) is 30.6 Å². The summed E-state index contributed by atoms with van der Waals surface area (Å²) in [6.07, 6.45) is 1.27. The summed E-state index contributed by atoms with van der Waals surface area (Å²) in [7, 11) is 1.19. The van der Waals surface area contributed by atoms with E-state index in [9.17, 15) is 27.9 Å². The number of aromatic nitrogens is 3. The van der Waals surface area contributed by atoms with E-state index >= 15 is 0 Å². The van der Waals surface area contributed by atoms with E-state index in [1.165, 1.54) is 43.0 Å². The minimum atomic E-state index is -4.62. The number of carboxylic acids is 1. The molecule has 2 aliphatic heterocycles. The Kier molecular flexibility index (Phi) is 8.64. The van der Waals surface area contributed by atoms with E-state index in [0.29, 0.717) is 50.0 Å². The van der Waals surface area contributed by atoms with Gasteiger partial charge in [0.15, 0.2) is 5.13 Å². The van der Waals surface area contributed by atoms with Crippen molar-refractivity contribution in [2.24, 2.45) is 5.92 Å². The summed E-state index contributed by atoms with van der Waals surface area (Å²) in [5.74, 6) is -1.46. The van der Waals surface area contributed by atoms with Gasteiger partial charge in [-0.3, -0.25) is 19.8 Å². The fourth-order valence-corrected chi connectivity index (χ4v) is 6.35. The molecular formula is C28H31F3N6O4S. The van der Waals surface area contributed by atoms with Gasteiger partial charge in [0.2, 0.25) is 0 Å². The predicted octanol–water partition coefficient (Wildman–Crippen LogP) is 5.17. The number of thiazole rings is 1. The smallest absolute Gasteiger partial charge is 0.419 e. The van der Waals surface area contributed by atoms with Crippen molar-refractivity contribution in [1.29, 1.82) is 0 Å². The minimum absolute atomic E-state index is 0.0504. The van der Waals surface area contributed by atoms with E-state index in [1.807, 2.05) is 4.90 Å². The number of nitrogens with one attached hydrogen (secondary N) is 1. The molecule has 42 heavy (non-hydrogen) atoms. The van der Waals surface area contributed by atoms with Crippen LogP contribution in [0.1, 0.15) is 53.5 Å². The average Bonchev–Trinajstić information content (AvgIpc) is 3.57. The van der Waals surface area contributed by atoms with Crippen molar-refractivity contribution < 1.29 is 32.6 Å². The lowest BCUT2D eigenvalue weighted by Gasteiger charge is -2.30. The van der Waals surface area contributed by atoms with Gasteiger partial charge < -0.3 is 14.7 Å². The zero-order valence-corrected chi connectivity index (χ0v) is 24.0. The van der Waals surface area contributed by atoms with Crippen LogP contribution in [0.4, 0.5) is 24.1 Å². The first-order valence-corrected chi connectivity index (χ1v) is 14.5. The van der Waals surface area contributed by atoms with Crippen molar-refractivity contribution in [3.05, 3.63) is 46.7 Å². The Balaban J connectivity index is 1.37. The summed E-state index contributed by atoms with van der Waals surface area (Å²) in [6, 6.07) is 4.16. The normalized spacial score (nSPS) is 18.3. The largest absolute Gasteiger partial charge is 0.496 e. The summed E-state index contributed by atoms with van der Waals surface area (Å²) in [4.78, 5) is 42.3. The Morgan fingerprint density at radius 2 is 1.90 bits per heavy atom. The van der Waals surface area contributed by atoms with E-state index in [0.717, 1.165) is 30.3 Å². The lowest BCUT2D eigenvalue weighted by atomic mass is 9.97. The monoisotopic (exact) mass is 604 g/mol. The number of halogens is 3. The Labute approximate surface area is 244 Å². The third-order valence-corrected chi connectivity index (χ3v) is 8.73. The van der Waals surface area contributed by atoms with E-state index in [-0.39, 0.29) is 28.1 Å². The number of rotatable bonds is 8. The quantitative estimate of drug-likeness (QED) is 0.359. The van der Waals surface area contributed by atoms with Crippen molar-refractivity contribution >= 4 is 34.2 Å². The molecule has 2 aromatic heterocycles. The molecule has 1 atom stereocenters. The summed E-state index contributed by atoms with van der Waals surface area (Å²) in [5, 5.41) is 12.2. The van der Waals surface area contributed by atoms with Gasteiger partial charge in [0.1, 0.15) is 17.3 Å². The molecule has 2 fully saturated rings. The van der Waals surface area contributed by atoms with Crippen LogP contribution in [-0.4, -0.2) is 69.6 Å². The Bertz CT molecular complexity index is 1440.